The molecular formula is C18H42NO5P. The lowest BCUT2D eigenvalue weighted by atomic mass is 9.95. The predicted octanol–water partition coefficient (Wildman–Crippen LogP) is 4.37. The molecule has 0 aliphatic rings. The standard InChI is InChI=1S/C16H35O4P.C2H7NO/c1-3-5-7-9-10-12-14-16(13-11-8-6-4-2)15-20-21(17,18)19;3-1-2-4/h16H,3-15H2,1-2H3,(H2,17,18,19);4H,1-3H2. The van der Waals surface area contributed by atoms with Gasteiger partial charge in [0.25, 0.3) is 0 Å². The minimum atomic E-state index is -4.32. The maximum atomic E-state index is 10.8. The Bertz CT molecular complexity index is 297. The highest BCUT2D eigenvalue weighted by Crippen LogP contribution is 2.37. The number of unbranched alkanes of at least 4 members (excludes halogenated alkanes) is 8. The van der Waals surface area contributed by atoms with Crippen LogP contribution in [0.2, 0.25) is 0 Å². The Labute approximate surface area is 154 Å². The number of hydrogen-bond acceptors (Lipinski definition) is 4. The summed E-state index contributed by atoms with van der Waals surface area (Å²) >= 11 is 0. The molecule has 25 heavy (non-hydrogen) atoms. The second-order valence-electron chi connectivity index (χ2n) is 6.57. The Kier molecular flexibility index (Phi) is 22.2. The predicted molar refractivity (Wildman–Crippen MR) is 104 cm³/mol. The molecule has 1 unspecified atom stereocenters. The van der Waals surface area contributed by atoms with Gasteiger partial charge in [-0.2, -0.15) is 0 Å². The van der Waals surface area contributed by atoms with Gasteiger partial charge in [-0.3, -0.25) is 4.52 Å². The molecule has 154 valence electrons. The third kappa shape index (κ3) is 26.4. The molecule has 0 aromatic carbocycles. The highest BCUT2D eigenvalue weighted by molar-refractivity contribution is 7.46. The van der Waals surface area contributed by atoms with Crippen LogP contribution in [0.3, 0.4) is 0 Å². The number of phosphoric acid groups is 1. The van der Waals surface area contributed by atoms with Crippen molar-refractivity contribution >= 4 is 7.82 Å². The van der Waals surface area contributed by atoms with Crippen molar-refractivity contribution < 1.29 is 24.0 Å². The van der Waals surface area contributed by atoms with E-state index in [1.54, 1.807) is 0 Å². The fraction of sp³-hybridized carbons (Fsp3) is 1.00. The lowest BCUT2D eigenvalue weighted by molar-refractivity contribution is 0.157. The van der Waals surface area contributed by atoms with Crippen LogP contribution in [0.1, 0.15) is 90.9 Å². The van der Waals surface area contributed by atoms with E-state index in [9.17, 15) is 4.57 Å². The summed E-state index contributed by atoms with van der Waals surface area (Å²) < 4.78 is 15.5. The fourth-order valence-corrected chi connectivity index (χ4v) is 2.99. The molecule has 5 N–H and O–H groups in total. The van der Waals surface area contributed by atoms with Crippen LogP contribution in [0.4, 0.5) is 0 Å². The summed E-state index contributed by atoms with van der Waals surface area (Å²) in [5.74, 6) is 0.292. The molecule has 0 aliphatic carbocycles. The summed E-state index contributed by atoms with van der Waals surface area (Å²) in [6.45, 7) is 5.07. The minimum absolute atomic E-state index is 0.0972. The van der Waals surface area contributed by atoms with Crippen molar-refractivity contribution in [2.24, 2.45) is 11.7 Å². The van der Waals surface area contributed by atoms with E-state index in [1.165, 1.54) is 51.4 Å². The van der Waals surface area contributed by atoms with Gasteiger partial charge in [-0.15, -0.1) is 0 Å². The van der Waals surface area contributed by atoms with E-state index in [0.29, 0.717) is 12.5 Å². The van der Waals surface area contributed by atoms with Gasteiger partial charge in [0.05, 0.1) is 13.2 Å². The van der Waals surface area contributed by atoms with Gasteiger partial charge in [0.2, 0.25) is 0 Å². The number of hydrogen-bond donors (Lipinski definition) is 4. The van der Waals surface area contributed by atoms with Gasteiger partial charge >= 0.3 is 7.82 Å². The zero-order valence-corrected chi connectivity index (χ0v) is 17.3. The van der Waals surface area contributed by atoms with Crippen molar-refractivity contribution in [2.75, 3.05) is 19.8 Å². The first-order chi connectivity index (χ1) is 11.9. The lowest BCUT2D eigenvalue weighted by Crippen LogP contribution is -2.09. The third-order valence-corrected chi connectivity index (χ3v) is 4.52. The molecule has 0 aliphatic heterocycles. The number of rotatable bonds is 16. The van der Waals surface area contributed by atoms with Gasteiger partial charge in [0, 0.05) is 6.54 Å². The smallest absolute Gasteiger partial charge is 0.395 e. The molecule has 0 fully saturated rings. The van der Waals surface area contributed by atoms with E-state index < -0.39 is 7.82 Å². The molecule has 0 rings (SSSR count). The first-order valence-electron chi connectivity index (χ1n) is 9.92. The van der Waals surface area contributed by atoms with E-state index in [-0.39, 0.29) is 13.2 Å². The molecule has 7 heteroatoms. The second kappa shape index (κ2) is 20.3. The van der Waals surface area contributed by atoms with E-state index >= 15 is 0 Å². The van der Waals surface area contributed by atoms with E-state index in [1.807, 2.05) is 0 Å². The van der Waals surface area contributed by atoms with E-state index in [0.717, 1.165) is 25.7 Å². The van der Waals surface area contributed by atoms with Gasteiger partial charge in [-0.1, -0.05) is 78.1 Å². The Hall–Kier alpha value is 0.0300. The number of nitrogens with two attached hydrogens (primary N) is 1. The summed E-state index contributed by atoms with van der Waals surface area (Å²) in [5, 5.41) is 7.75. The Morgan fingerprint density at radius 3 is 1.68 bits per heavy atom. The van der Waals surface area contributed by atoms with Crippen molar-refractivity contribution in [1.29, 1.82) is 0 Å². The normalized spacial score (nSPS) is 12.6. The number of aliphatic hydroxyl groups excluding tert-OH is 1. The maximum Gasteiger partial charge on any atom is 0.469 e. The Balaban J connectivity index is 0. The zero-order valence-electron chi connectivity index (χ0n) is 16.4. The lowest BCUT2D eigenvalue weighted by Gasteiger charge is -2.17. The highest BCUT2D eigenvalue weighted by Gasteiger charge is 2.18. The number of phosphoric ester groups is 1. The number of aliphatic hydroxyl groups is 1. The van der Waals surface area contributed by atoms with Crippen molar-refractivity contribution in [3.63, 3.8) is 0 Å². The summed E-state index contributed by atoms with van der Waals surface area (Å²) in [6, 6.07) is 0. The highest BCUT2D eigenvalue weighted by atomic mass is 31.2. The SMILES string of the molecule is CCCCCCCCC(CCCCCC)COP(=O)(O)O.NCCO. The van der Waals surface area contributed by atoms with Crippen LogP contribution in [-0.2, 0) is 9.09 Å². The van der Waals surface area contributed by atoms with Crippen LogP contribution in [0.25, 0.3) is 0 Å². The quantitative estimate of drug-likeness (QED) is 0.232. The minimum Gasteiger partial charge on any atom is -0.395 e. The van der Waals surface area contributed by atoms with E-state index in [4.69, 9.17) is 25.2 Å². The molecule has 6 nitrogen and oxygen atoms in total. The summed E-state index contributed by atoms with van der Waals surface area (Å²) in [5.41, 5.74) is 4.78. The van der Waals surface area contributed by atoms with Crippen LogP contribution < -0.4 is 5.73 Å². The molecule has 0 saturated carbocycles. The maximum absolute atomic E-state index is 10.8. The van der Waals surface area contributed by atoms with Crippen LogP contribution in [0.5, 0.6) is 0 Å². The second-order valence-corrected chi connectivity index (χ2v) is 7.81. The molecule has 1 atom stereocenters. The van der Waals surface area contributed by atoms with Gasteiger partial charge in [-0.05, 0) is 18.8 Å². The van der Waals surface area contributed by atoms with Crippen molar-refractivity contribution in [1.82, 2.24) is 0 Å². The molecule has 0 spiro atoms. The van der Waals surface area contributed by atoms with Gasteiger partial charge in [0.1, 0.15) is 0 Å². The monoisotopic (exact) mass is 383 g/mol. The van der Waals surface area contributed by atoms with Crippen LogP contribution in [0.15, 0.2) is 0 Å². The van der Waals surface area contributed by atoms with Crippen LogP contribution >= 0.6 is 7.82 Å². The molecule has 0 heterocycles. The van der Waals surface area contributed by atoms with Crippen molar-refractivity contribution in [3.8, 4) is 0 Å². The topological polar surface area (TPSA) is 113 Å². The van der Waals surface area contributed by atoms with Crippen LogP contribution in [-0.4, -0.2) is 34.7 Å². The van der Waals surface area contributed by atoms with Crippen molar-refractivity contribution in [2.45, 2.75) is 90.9 Å². The average molecular weight is 384 g/mol. The van der Waals surface area contributed by atoms with Gasteiger partial charge < -0.3 is 20.6 Å². The summed E-state index contributed by atoms with van der Waals surface area (Å²) in [7, 11) is -4.32. The summed E-state index contributed by atoms with van der Waals surface area (Å²) in [6.07, 6.45) is 14.4. The summed E-state index contributed by atoms with van der Waals surface area (Å²) in [4.78, 5) is 17.7. The molecule has 0 radical (unpaired) electrons. The van der Waals surface area contributed by atoms with Gasteiger partial charge in [-0.25, -0.2) is 4.57 Å². The molecular weight excluding hydrogens is 341 g/mol. The van der Waals surface area contributed by atoms with Crippen molar-refractivity contribution in [3.05, 3.63) is 0 Å². The van der Waals surface area contributed by atoms with Crippen LogP contribution in [0, 0.1) is 5.92 Å². The first-order valence-corrected chi connectivity index (χ1v) is 11.4. The average Bonchev–Trinajstić information content (AvgIpc) is 2.58. The third-order valence-electron chi connectivity index (χ3n) is 4.04. The molecule has 0 aromatic heterocycles. The first kappa shape index (κ1) is 27.3. The molecule has 0 amide bonds. The zero-order chi connectivity index (χ0) is 19.4. The molecule has 0 saturated heterocycles. The Morgan fingerprint density at radius 1 is 0.880 bits per heavy atom. The Morgan fingerprint density at radius 2 is 1.28 bits per heavy atom. The van der Waals surface area contributed by atoms with E-state index in [2.05, 4.69) is 13.8 Å². The molecule has 0 aromatic rings. The molecule has 0 bridgehead atoms. The van der Waals surface area contributed by atoms with Gasteiger partial charge in [0.15, 0.2) is 0 Å². The largest absolute Gasteiger partial charge is 0.469 e. The fourth-order valence-electron chi connectivity index (χ4n) is 2.59.